The van der Waals surface area contributed by atoms with Crippen LogP contribution in [0.1, 0.15) is 71.1 Å². The molecule has 2 unspecified atom stereocenters. The molecule has 3 heteroatoms. The molecule has 1 N–H and O–H groups in total. The Morgan fingerprint density at radius 1 is 1.14 bits per heavy atom. The number of nitrogens with one attached hydrogen (secondary N) is 1. The molecular formula is C18H34N2O. The lowest BCUT2D eigenvalue weighted by molar-refractivity contribution is 0.0562. The van der Waals surface area contributed by atoms with Gasteiger partial charge in [-0.2, -0.15) is 0 Å². The molecule has 21 heavy (non-hydrogen) atoms. The molecule has 0 radical (unpaired) electrons. The van der Waals surface area contributed by atoms with Crippen LogP contribution in [-0.2, 0) is 4.74 Å². The largest absolute Gasteiger partial charge is 0.378 e. The highest BCUT2D eigenvalue weighted by Crippen LogP contribution is 2.41. The molecule has 2 saturated heterocycles. The zero-order valence-corrected chi connectivity index (χ0v) is 13.9. The van der Waals surface area contributed by atoms with E-state index in [4.69, 9.17) is 4.74 Å². The van der Waals surface area contributed by atoms with Gasteiger partial charge in [0.1, 0.15) is 0 Å². The van der Waals surface area contributed by atoms with Crippen LogP contribution in [0.25, 0.3) is 0 Å². The van der Waals surface area contributed by atoms with E-state index in [1.165, 1.54) is 77.3 Å². The molecule has 0 bridgehead atoms. The molecule has 3 fully saturated rings. The van der Waals surface area contributed by atoms with Crippen molar-refractivity contribution in [2.45, 2.75) is 88.8 Å². The number of likely N-dealkylation sites (tertiary alicyclic amines) is 1. The summed E-state index contributed by atoms with van der Waals surface area (Å²) in [6.45, 7) is 7.04. The number of rotatable bonds is 7. The van der Waals surface area contributed by atoms with Gasteiger partial charge in [0.25, 0.3) is 0 Å². The van der Waals surface area contributed by atoms with E-state index in [9.17, 15) is 0 Å². The number of hydrogen-bond acceptors (Lipinski definition) is 3. The number of hydrogen-bond donors (Lipinski definition) is 1. The van der Waals surface area contributed by atoms with Crippen molar-refractivity contribution in [1.82, 2.24) is 10.2 Å². The van der Waals surface area contributed by atoms with Gasteiger partial charge in [0.15, 0.2) is 0 Å². The molecule has 0 aromatic carbocycles. The number of ether oxygens (including phenoxy) is 1. The summed E-state index contributed by atoms with van der Waals surface area (Å²) in [5.74, 6) is 0. The van der Waals surface area contributed by atoms with E-state index in [1.54, 1.807) is 0 Å². The van der Waals surface area contributed by atoms with Crippen LogP contribution in [0, 0.1) is 0 Å². The van der Waals surface area contributed by atoms with Gasteiger partial charge in [-0.3, -0.25) is 4.90 Å². The van der Waals surface area contributed by atoms with Crippen LogP contribution in [0.3, 0.4) is 0 Å². The van der Waals surface area contributed by atoms with Crippen molar-refractivity contribution in [1.29, 1.82) is 0 Å². The van der Waals surface area contributed by atoms with E-state index >= 15 is 0 Å². The van der Waals surface area contributed by atoms with Gasteiger partial charge in [0, 0.05) is 18.2 Å². The van der Waals surface area contributed by atoms with E-state index < -0.39 is 0 Å². The average Bonchev–Trinajstić information content (AvgIpc) is 3.25. The first-order valence-corrected chi connectivity index (χ1v) is 9.45. The van der Waals surface area contributed by atoms with E-state index in [0.29, 0.717) is 17.7 Å². The monoisotopic (exact) mass is 294 g/mol. The van der Waals surface area contributed by atoms with Gasteiger partial charge in [0.2, 0.25) is 0 Å². The van der Waals surface area contributed by atoms with Crippen molar-refractivity contribution in [2.24, 2.45) is 0 Å². The van der Waals surface area contributed by atoms with Crippen LogP contribution in [0.15, 0.2) is 0 Å². The minimum Gasteiger partial charge on any atom is -0.378 e. The first-order chi connectivity index (χ1) is 10.3. The highest BCUT2D eigenvalue weighted by atomic mass is 16.5. The molecule has 1 saturated carbocycles. The average molecular weight is 294 g/mol. The lowest BCUT2D eigenvalue weighted by atomic mass is 9.82. The highest BCUT2D eigenvalue weighted by molar-refractivity contribution is 5.04. The quantitative estimate of drug-likeness (QED) is 0.779. The normalized spacial score (nSPS) is 31.0. The summed E-state index contributed by atoms with van der Waals surface area (Å²) in [4.78, 5) is 2.85. The Balaban J connectivity index is 1.66. The summed E-state index contributed by atoms with van der Waals surface area (Å²) in [6, 6.07) is 0.673. The van der Waals surface area contributed by atoms with Crippen molar-refractivity contribution in [2.75, 3.05) is 26.2 Å². The second kappa shape index (κ2) is 7.43. The molecule has 3 nitrogen and oxygen atoms in total. The summed E-state index contributed by atoms with van der Waals surface area (Å²) >= 11 is 0. The third kappa shape index (κ3) is 3.46. The Morgan fingerprint density at radius 2 is 1.90 bits per heavy atom. The van der Waals surface area contributed by atoms with Gasteiger partial charge >= 0.3 is 0 Å². The van der Waals surface area contributed by atoms with Crippen LogP contribution >= 0.6 is 0 Å². The van der Waals surface area contributed by atoms with E-state index in [1.807, 2.05) is 0 Å². The van der Waals surface area contributed by atoms with E-state index in [2.05, 4.69) is 17.1 Å². The van der Waals surface area contributed by atoms with Crippen LogP contribution in [0.5, 0.6) is 0 Å². The first-order valence-electron chi connectivity index (χ1n) is 9.45. The van der Waals surface area contributed by atoms with E-state index in [0.717, 1.165) is 13.2 Å². The third-order valence-electron chi connectivity index (χ3n) is 6.11. The highest BCUT2D eigenvalue weighted by Gasteiger charge is 2.46. The molecule has 1 aliphatic carbocycles. The fourth-order valence-corrected chi connectivity index (χ4v) is 5.07. The Hall–Kier alpha value is -0.120. The minimum absolute atomic E-state index is 0.463. The maximum Gasteiger partial charge on any atom is 0.0576 e. The van der Waals surface area contributed by atoms with Gasteiger partial charge in [-0.05, 0) is 71.0 Å². The zero-order chi connectivity index (χ0) is 14.5. The maximum absolute atomic E-state index is 5.86. The molecule has 0 amide bonds. The summed E-state index contributed by atoms with van der Waals surface area (Å²) in [5, 5.41) is 3.87. The summed E-state index contributed by atoms with van der Waals surface area (Å²) in [6.07, 6.45) is 14.2. The first kappa shape index (κ1) is 15.8. The SMILES string of the molecule is CCNC(CCC1CCCO1)C1(N2CCCC2)CCCC1. The van der Waals surface area contributed by atoms with Crippen molar-refractivity contribution in [3.05, 3.63) is 0 Å². The van der Waals surface area contributed by atoms with Crippen LogP contribution in [0.2, 0.25) is 0 Å². The Bertz CT molecular complexity index is 302. The smallest absolute Gasteiger partial charge is 0.0576 e. The van der Waals surface area contributed by atoms with Crippen LogP contribution in [0.4, 0.5) is 0 Å². The predicted molar refractivity (Wildman–Crippen MR) is 87.7 cm³/mol. The fourth-order valence-electron chi connectivity index (χ4n) is 5.07. The summed E-state index contributed by atoms with van der Waals surface area (Å²) in [7, 11) is 0. The fraction of sp³-hybridized carbons (Fsp3) is 1.00. The second-order valence-corrected chi connectivity index (χ2v) is 7.33. The number of nitrogens with zero attached hydrogens (tertiary/aromatic N) is 1. The zero-order valence-electron chi connectivity index (χ0n) is 13.9. The summed E-state index contributed by atoms with van der Waals surface area (Å²) < 4.78 is 5.86. The van der Waals surface area contributed by atoms with E-state index in [-0.39, 0.29) is 0 Å². The molecule has 0 aromatic rings. The van der Waals surface area contributed by atoms with Gasteiger partial charge < -0.3 is 10.1 Å². The topological polar surface area (TPSA) is 24.5 Å². The van der Waals surface area contributed by atoms with Gasteiger partial charge in [-0.15, -0.1) is 0 Å². The summed E-state index contributed by atoms with van der Waals surface area (Å²) in [5.41, 5.74) is 0.463. The lowest BCUT2D eigenvalue weighted by Gasteiger charge is -2.46. The van der Waals surface area contributed by atoms with Gasteiger partial charge in [0.05, 0.1) is 6.10 Å². The maximum atomic E-state index is 5.86. The number of likely N-dealkylation sites (N-methyl/N-ethyl adjacent to an activating group) is 1. The second-order valence-electron chi connectivity index (χ2n) is 7.33. The molecule has 2 heterocycles. The molecule has 0 spiro atoms. The molecule has 3 rings (SSSR count). The molecule has 2 atom stereocenters. The van der Waals surface area contributed by atoms with Crippen molar-refractivity contribution in [3.8, 4) is 0 Å². The molecule has 122 valence electrons. The van der Waals surface area contributed by atoms with Gasteiger partial charge in [-0.25, -0.2) is 0 Å². The Kier molecular flexibility index (Phi) is 5.58. The van der Waals surface area contributed by atoms with Gasteiger partial charge in [-0.1, -0.05) is 19.8 Å². The molecule has 2 aliphatic heterocycles. The lowest BCUT2D eigenvalue weighted by Crippen LogP contribution is -2.59. The van der Waals surface area contributed by atoms with Crippen LogP contribution in [-0.4, -0.2) is 48.8 Å². The third-order valence-corrected chi connectivity index (χ3v) is 6.11. The minimum atomic E-state index is 0.463. The van der Waals surface area contributed by atoms with Crippen LogP contribution < -0.4 is 5.32 Å². The Labute approximate surface area is 130 Å². The van der Waals surface area contributed by atoms with Crippen molar-refractivity contribution < 1.29 is 4.74 Å². The molecule has 3 aliphatic rings. The Morgan fingerprint density at radius 3 is 2.52 bits per heavy atom. The molecule has 0 aromatic heterocycles. The molecular weight excluding hydrogens is 260 g/mol. The van der Waals surface area contributed by atoms with Crippen molar-refractivity contribution in [3.63, 3.8) is 0 Å². The predicted octanol–water partition coefficient (Wildman–Crippen LogP) is 3.33. The standard InChI is InChI=1S/C18H34N2O/c1-2-19-17(10-9-16-8-7-15-21-16)18(11-3-4-12-18)20-13-5-6-14-20/h16-17,19H,2-15H2,1H3. The van der Waals surface area contributed by atoms with Crippen molar-refractivity contribution >= 4 is 0 Å².